The predicted molar refractivity (Wildman–Crippen MR) is 300 cm³/mol. The lowest BCUT2D eigenvalue weighted by atomic mass is 10.0. The number of carbonyl (C=O) groups is 1. The van der Waals surface area contributed by atoms with E-state index >= 15 is 0 Å². The van der Waals surface area contributed by atoms with Gasteiger partial charge in [0.2, 0.25) is 5.91 Å². The topological polar surface area (TPSA) is 105 Å². The van der Waals surface area contributed by atoms with Crippen LogP contribution in [0.3, 0.4) is 0 Å². The molecule has 9 heteroatoms. The molecule has 0 aliphatic carbocycles. The van der Waals surface area contributed by atoms with E-state index in [-0.39, 0.29) is 19.1 Å². The van der Waals surface area contributed by atoms with Crippen molar-refractivity contribution in [2.24, 2.45) is 0 Å². The molecule has 0 radical (unpaired) electrons. The fraction of sp³-hybridized carbons (Fsp3) is 0.783. The SMILES string of the molecule is CC/C=C\C/C=C\C/C=C\C/C=C\CCCCCCCCCCCCCCCCCCCCCCCCCCC(=O)NC(COP(=O)(O)OCC[N+](C)(C)C)C(O)/C=C/CC/C=C/CCCCCC. The van der Waals surface area contributed by atoms with Gasteiger partial charge in [-0.25, -0.2) is 4.57 Å². The molecule has 3 N–H and O–H groups in total. The minimum absolute atomic E-state index is 0.0556. The third kappa shape index (κ3) is 53.6. The molecule has 0 bridgehead atoms. The number of phosphoric ester groups is 1. The molecule has 0 aliphatic rings. The van der Waals surface area contributed by atoms with E-state index in [4.69, 9.17) is 9.05 Å². The lowest BCUT2D eigenvalue weighted by Crippen LogP contribution is -2.45. The monoisotopic (exact) mass is 988 g/mol. The molecule has 0 aromatic heterocycles. The smallest absolute Gasteiger partial charge is 0.387 e. The van der Waals surface area contributed by atoms with Gasteiger partial charge in [0, 0.05) is 6.42 Å². The van der Waals surface area contributed by atoms with E-state index in [1.165, 1.54) is 167 Å². The van der Waals surface area contributed by atoms with Gasteiger partial charge >= 0.3 is 7.82 Å². The minimum Gasteiger partial charge on any atom is -0.387 e. The van der Waals surface area contributed by atoms with Gasteiger partial charge in [-0.15, -0.1) is 0 Å². The number of quaternary nitrogens is 1. The van der Waals surface area contributed by atoms with Crippen LogP contribution in [0.1, 0.15) is 251 Å². The molecule has 1 amide bonds. The van der Waals surface area contributed by atoms with Crippen molar-refractivity contribution < 1.29 is 32.9 Å². The van der Waals surface area contributed by atoms with Crippen molar-refractivity contribution in [1.82, 2.24) is 5.32 Å². The second-order valence-corrected chi connectivity index (χ2v) is 22.1. The van der Waals surface area contributed by atoms with Crippen molar-refractivity contribution in [2.45, 2.75) is 264 Å². The highest BCUT2D eigenvalue weighted by molar-refractivity contribution is 7.47. The molecule has 3 atom stereocenters. The summed E-state index contributed by atoms with van der Waals surface area (Å²) >= 11 is 0. The number of unbranched alkanes of at least 4 members (excludes halogenated alkanes) is 29. The van der Waals surface area contributed by atoms with Crippen molar-refractivity contribution in [3.63, 3.8) is 0 Å². The molecule has 0 saturated carbocycles. The zero-order chi connectivity index (χ0) is 50.6. The lowest BCUT2D eigenvalue weighted by Gasteiger charge is -2.25. The van der Waals surface area contributed by atoms with Crippen molar-refractivity contribution in [3.8, 4) is 0 Å². The van der Waals surface area contributed by atoms with Crippen molar-refractivity contribution in [3.05, 3.63) is 72.9 Å². The standard InChI is InChI=1S/C60H111N2O6P/c1-6-8-10-12-14-16-18-19-20-21-22-23-24-25-26-27-28-29-30-31-32-33-34-35-36-37-38-39-40-41-42-43-44-46-48-50-52-54-60(64)61-58(57-68-69(65,66)67-56-55-62(3,4)5)59(63)53-51-49-47-45-17-15-13-11-9-7-2/h8,10,14,16-17,19-20,22-23,45,51,53,58-59,63H,6-7,9,11-13,15,18,21,24-44,46-50,52,54-57H2,1-5H3,(H-,61,64,65,66)/p+1/b10-8-,16-14-,20-19-,23-22-,45-17+,53-51+. The first-order valence-corrected chi connectivity index (χ1v) is 30.3. The summed E-state index contributed by atoms with van der Waals surface area (Å²) in [6.45, 7) is 4.65. The molecule has 0 aromatic rings. The van der Waals surface area contributed by atoms with E-state index in [0.29, 0.717) is 17.4 Å². The first-order valence-electron chi connectivity index (χ1n) is 28.8. The number of amides is 1. The first kappa shape index (κ1) is 66.9. The number of nitrogens with one attached hydrogen (secondary N) is 1. The Balaban J connectivity index is 3.88. The van der Waals surface area contributed by atoms with Crippen LogP contribution in [0.25, 0.3) is 0 Å². The summed E-state index contributed by atoms with van der Waals surface area (Å²) in [5.41, 5.74) is 0. The molecule has 402 valence electrons. The highest BCUT2D eigenvalue weighted by Crippen LogP contribution is 2.43. The number of phosphoric acid groups is 1. The average molecular weight is 989 g/mol. The van der Waals surface area contributed by atoms with Gasteiger partial charge < -0.3 is 19.8 Å². The summed E-state index contributed by atoms with van der Waals surface area (Å²) in [5.74, 6) is -0.187. The number of hydrogen-bond acceptors (Lipinski definition) is 5. The predicted octanol–water partition coefficient (Wildman–Crippen LogP) is 17.5. The Morgan fingerprint density at radius 2 is 0.884 bits per heavy atom. The molecule has 0 saturated heterocycles. The minimum atomic E-state index is -4.35. The fourth-order valence-corrected chi connectivity index (χ4v) is 8.90. The average Bonchev–Trinajstić information content (AvgIpc) is 3.31. The van der Waals surface area contributed by atoms with Crippen LogP contribution in [-0.4, -0.2) is 73.4 Å². The summed E-state index contributed by atoms with van der Waals surface area (Å²) in [6.07, 6.45) is 70.4. The number of carbonyl (C=O) groups excluding carboxylic acids is 1. The van der Waals surface area contributed by atoms with Crippen LogP contribution >= 0.6 is 7.82 Å². The Morgan fingerprint density at radius 1 is 0.507 bits per heavy atom. The van der Waals surface area contributed by atoms with Gasteiger partial charge in [0.05, 0.1) is 39.9 Å². The van der Waals surface area contributed by atoms with Gasteiger partial charge in [0.1, 0.15) is 13.2 Å². The molecule has 0 rings (SSSR count). The van der Waals surface area contributed by atoms with Crippen LogP contribution < -0.4 is 5.32 Å². The summed E-state index contributed by atoms with van der Waals surface area (Å²) in [4.78, 5) is 23.2. The van der Waals surface area contributed by atoms with Crippen molar-refractivity contribution >= 4 is 13.7 Å². The summed E-state index contributed by atoms with van der Waals surface area (Å²) in [7, 11) is 1.56. The fourth-order valence-electron chi connectivity index (χ4n) is 8.17. The Kier molecular flexibility index (Phi) is 49.3. The number of aliphatic hydroxyl groups is 1. The summed E-state index contributed by atoms with van der Waals surface area (Å²) in [6, 6.07) is -0.862. The van der Waals surface area contributed by atoms with Gasteiger partial charge in [-0.05, 0) is 70.6 Å². The largest absolute Gasteiger partial charge is 0.472 e. The number of hydrogen-bond donors (Lipinski definition) is 3. The molecule has 0 aromatic carbocycles. The highest BCUT2D eigenvalue weighted by Gasteiger charge is 2.27. The Hall–Kier alpha value is -2.06. The molecule has 8 nitrogen and oxygen atoms in total. The Bertz CT molecular complexity index is 1350. The third-order valence-electron chi connectivity index (χ3n) is 12.7. The number of nitrogens with zero attached hydrogens (tertiary/aromatic N) is 1. The van der Waals surface area contributed by atoms with Gasteiger partial charge in [0.15, 0.2) is 0 Å². The van der Waals surface area contributed by atoms with Crippen LogP contribution in [0, 0.1) is 0 Å². The molecule has 0 heterocycles. The lowest BCUT2D eigenvalue weighted by molar-refractivity contribution is -0.870. The molecule has 69 heavy (non-hydrogen) atoms. The van der Waals surface area contributed by atoms with E-state index < -0.39 is 20.0 Å². The zero-order valence-corrected chi connectivity index (χ0v) is 46.7. The molecule has 3 unspecified atom stereocenters. The normalized spacial score (nSPS) is 14.5. The second-order valence-electron chi connectivity index (χ2n) is 20.6. The Labute approximate surface area is 427 Å². The van der Waals surface area contributed by atoms with Crippen LogP contribution in [0.5, 0.6) is 0 Å². The maximum atomic E-state index is 12.9. The number of allylic oxidation sites excluding steroid dienone is 11. The second kappa shape index (κ2) is 50.9. The molecule has 0 fully saturated rings. The van der Waals surface area contributed by atoms with E-state index in [2.05, 4.69) is 79.9 Å². The first-order chi connectivity index (χ1) is 33.5. The number of aliphatic hydroxyl groups excluding tert-OH is 1. The summed E-state index contributed by atoms with van der Waals surface area (Å²) in [5, 5.41) is 13.8. The van der Waals surface area contributed by atoms with Crippen LogP contribution in [0.2, 0.25) is 0 Å². The van der Waals surface area contributed by atoms with Crippen LogP contribution in [0.4, 0.5) is 0 Å². The Morgan fingerprint density at radius 3 is 1.33 bits per heavy atom. The molecule has 0 aliphatic heterocycles. The maximum absolute atomic E-state index is 12.9. The molecule has 0 spiro atoms. The van der Waals surface area contributed by atoms with Crippen LogP contribution in [-0.2, 0) is 18.4 Å². The van der Waals surface area contributed by atoms with Crippen LogP contribution in [0.15, 0.2) is 72.9 Å². The van der Waals surface area contributed by atoms with Gasteiger partial charge in [-0.1, -0.05) is 247 Å². The zero-order valence-electron chi connectivity index (χ0n) is 45.8. The summed E-state index contributed by atoms with van der Waals surface area (Å²) < 4.78 is 23.6. The van der Waals surface area contributed by atoms with E-state index in [9.17, 15) is 19.4 Å². The molecular formula is C60H112N2O6P+. The number of likely N-dealkylation sites (N-methyl/N-ethyl adjacent to an activating group) is 1. The van der Waals surface area contributed by atoms with Gasteiger partial charge in [-0.3, -0.25) is 13.8 Å². The van der Waals surface area contributed by atoms with E-state index in [0.717, 1.165) is 64.2 Å². The maximum Gasteiger partial charge on any atom is 0.472 e. The van der Waals surface area contributed by atoms with E-state index in [1.54, 1.807) is 6.08 Å². The highest BCUT2D eigenvalue weighted by atomic mass is 31.2. The number of rotatable bonds is 52. The molecular weight excluding hydrogens is 876 g/mol. The third-order valence-corrected chi connectivity index (χ3v) is 13.6. The van der Waals surface area contributed by atoms with Crippen molar-refractivity contribution in [1.29, 1.82) is 0 Å². The van der Waals surface area contributed by atoms with Crippen molar-refractivity contribution in [2.75, 3.05) is 40.9 Å². The quantitative estimate of drug-likeness (QED) is 0.0243. The van der Waals surface area contributed by atoms with Gasteiger partial charge in [0.25, 0.3) is 0 Å². The van der Waals surface area contributed by atoms with Gasteiger partial charge in [-0.2, -0.15) is 0 Å². The van der Waals surface area contributed by atoms with E-state index in [1.807, 2.05) is 27.2 Å².